The molecular formula is C9H12N2. The monoisotopic (exact) mass is 148 g/mol. The summed E-state index contributed by atoms with van der Waals surface area (Å²) in [5, 5.41) is 3.24. The van der Waals surface area contributed by atoms with E-state index in [-0.39, 0.29) is 0 Å². The number of allylic oxidation sites excluding steroid dienone is 2. The SMILES string of the molecule is CCNCC1=CC=C=NC=C1. The van der Waals surface area contributed by atoms with Gasteiger partial charge in [0.05, 0.1) is 0 Å². The van der Waals surface area contributed by atoms with Crippen molar-refractivity contribution in [1.29, 1.82) is 0 Å². The molecule has 0 aromatic heterocycles. The fourth-order valence-corrected chi connectivity index (χ4v) is 0.806. The third-order valence-corrected chi connectivity index (χ3v) is 1.39. The Bertz CT molecular complexity index is 230. The van der Waals surface area contributed by atoms with Crippen molar-refractivity contribution in [2.45, 2.75) is 6.92 Å². The van der Waals surface area contributed by atoms with E-state index in [2.05, 4.69) is 23.1 Å². The molecular weight excluding hydrogens is 136 g/mol. The highest BCUT2D eigenvalue weighted by atomic mass is 14.8. The van der Waals surface area contributed by atoms with Gasteiger partial charge in [-0.1, -0.05) is 6.92 Å². The van der Waals surface area contributed by atoms with Crippen molar-refractivity contribution < 1.29 is 0 Å². The van der Waals surface area contributed by atoms with E-state index >= 15 is 0 Å². The summed E-state index contributed by atoms with van der Waals surface area (Å²) in [5.74, 6) is 2.76. The largest absolute Gasteiger partial charge is 0.313 e. The molecule has 2 nitrogen and oxygen atoms in total. The van der Waals surface area contributed by atoms with Crippen LogP contribution in [0.4, 0.5) is 0 Å². The fraction of sp³-hybridized carbons (Fsp3) is 0.333. The molecule has 1 rings (SSSR count). The summed E-state index contributed by atoms with van der Waals surface area (Å²) in [6.07, 6.45) is 7.58. The normalized spacial score (nSPS) is 14.8. The third kappa shape index (κ3) is 2.99. The van der Waals surface area contributed by atoms with Crippen molar-refractivity contribution in [2.24, 2.45) is 4.99 Å². The molecule has 0 aromatic rings. The number of nitrogens with one attached hydrogen (secondary N) is 1. The zero-order chi connectivity index (χ0) is 7.94. The molecule has 0 atom stereocenters. The maximum absolute atomic E-state index is 3.86. The van der Waals surface area contributed by atoms with Crippen LogP contribution in [-0.4, -0.2) is 19.0 Å². The van der Waals surface area contributed by atoms with E-state index in [1.807, 2.05) is 18.2 Å². The van der Waals surface area contributed by atoms with Gasteiger partial charge in [0.1, 0.15) is 0 Å². The lowest BCUT2D eigenvalue weighted by atomic mass is 10.2. The summed E-state index contributed by atoms with van der Waals surface area (Å²) < 4.78 is 0. The molecule has 1 N–H and O–H groups in total. The molecule has 0 saturated heterocycles. The van der Waals surface area contributed by atoms with Gasteiger partial charge in [-0.3, -0.25) is 0 Å². The van der Waals surface area contributed by atoms with Crippen LogP contribution < -0.4 is 5.32 Å². The van der Waals surface area contributed by atoms with Gasteiger partial charge in [0.15, 0.2) is 0 Å². The van der Waals surface area contributed by atoms with E-state index in [1.165, 1.54) is 5.57 Å². The van der Waals surface area contributed by atoms with E-state index in [1.54, 1.807) is 6.20 Å². The van der Waals surface area contributed by atoms with Crippen LogP contribution in [0.5, 0.6) is 0 Å². The van der Waals surface area contributed by atoms with Gasteiger partial charge in [0, 0.05) is 18.8 Å². The van der Waals surface area contributed by atoms with Crippen LogP contribution >= 0.6 is 0 Å². The summed E-state index contributed by atoms with van der Waals surface area (Å²) in [5.41, 5.74) is 1.24. The van der Waals surface area contributed by atoms with Crippen molar-refractivity contribution in [2.75, 3.05) is 13.1 Å². The van der Waals surface area contributed by atoms with Gasteiger partial charge in [-0.25, -0.2) is 4.99 Å². The first-order chi connectivity index (χ1) is 5.43. The predicted octanol–water partition coefficient (Wildman–Crippen LogP) is 1.28. The molecule has 0 spiro atoms. The maximum atomic E-state index is 3.86. The van der Waals surface area contributed by atoms with Gasteiger partial charge in [0.2, 0.25) is 0 Å². The zero-order valence-corrected chi connectivity index (χ0v) is 6.67. The van der Waals surface area contributed by atoms with Crippen molar-refractivity contribution in [3.05, 3.63) is 30.0 Å². The summed E-state index contributed by atoms with van der Waals surface area (Å²) >= 11 is 0. The number of aliphatic imine (C=N–C) groups is 1. The molecule has 0 bridgehead atoms. The Kier molecular flexibility index (Phi) is 3.39. The minimum absolute atomic E-state index is 0.903. The molecule has 0 aromatic carbocycles. The minimum Gasteiger partial charge on any atom is -0.313 e. The average Bonchev–Trinajstić information content (AvgIpc) is 2.28. The molecule has 2 heteroatoms. The second-order valence-electron chi connectivity index (χ2n) is 2.26. The molecule has 0 fully saturated rings. The molecule has 0 aliphatic carbocycles. The number of rotatable bonds is 3. The second-order valence-corrected chi connectivity index (χ2v) is 2.26. The molecule has 58 valence electrons. The van der Waals surface area contributed by atoms with Gasteiger partial charge < -0.3 is 5.32 Å². The van der Waals surface area contributed by atoms with Crippen LogP contribution in [0.3, 0.4) is 0 Å². The van der Waals surface area contributed by atoms with Gasteiger partial charge in [-0.05, 0) is 30.1 Å². The van der Waals surface area contributed by atoms with Crippen LogP contribution in [0.15, 0.2) is 35.0 Å². The highest BCUT2D eigenvalue weighted by Crippen LogP contribution is 1.97. The number of hydrogen-bond acceptors (Lipinski definition) is 2. The van der Waals surface area contributed by atoms with E-state index < -0.39 is 0 Å². The van der Waals surface area contributed by atoms with Crippen molar-refractivity contribution in [3.8, 4) is 0 Å². The Morgan fingerprint density at radius 1 is 1.64 bits per heavy atom. The lowest BCUT2D eigenvalue weighted by Gasteiger charge is -1.99. The molecule has 0 saturated carbocycles. The first kappa shape index (κ1) is 7.99. The van der Waals surface area contributed by atoms with Crippen LogP contribution in [0, 0.1) is 0 Å². The molecule has 1 heterocycles. The molecule has 11 heavy (non-hydrogen) atoms. The third-order valence-electron chi connectivity index (χ3n) is 1.39. The van der Waals surface area contributed by atoms with E-state index in [0.717, 1.165) is 13.1 Å². The molecule has 0 unspecified atom stereocenters. The predicted molar refractivity (Wildman–Crippen MR) is 47.8 cm³/mol. The summed E-state index contributed by atoms with van der Waals surface area (Å²) in [4.78, 5) is 3.86. The Hall–Kier alpha value is -1.11. The smallest absolute Gasteiger partial charge is 0.0371 e. The fourth-order valence-electron chi connectivity index (χ4n) is 0.806. The Balaban J connectivity index is 2.47. The van der Waals surface area contributed by atoms with Gasteiger partial charge in [0.25, 0.3) is 0 Å². The number of likely N-dealkylation sites (N-methyl/N-ethyl adjacent to an activating group) is 1. The van der Waals surface area contributed by atoms with E-state index in [0.29, 0.717) is 0 Å². The van der Waals surface area contributed by atoms with Crippen molar-refractivity contribution in [1.82, 2.24) is 5.32 Å². The summed E-state index contributed by atoms with van der Waals surface area (Å²) in [7, 11) is 0. The second kappa shape index (κ2) is 4.67. The van der Waals surface area contributed by atoms with E-state index in [9.17, 15) is 0 Å². The summed E-state index contributed by atoms with van der Waals surface area (Å²) in [6, 6.07) is 0. The number of hydrogen-bond donors (Lipinski definition) is 1. The standard InChI is InChI=1S/C9H12N2/c1-2-10-8-9-4-3-6-11-7-5-9/h3-5,7,10H,2,8H2,1H3. The quantitative estimate of drug-likeness (QED) is 0.640. The average molecular weight is 148 g/mol. The van der Waals surface area contributed by atoms with Gasteiger partial charge >= 0.3 is 0 Å². The summed E-state index contributed by atoms with van der Waals surface area (Å²) in [6.45, 7) is 3.99. The lowest BCUT2D eigenvalue weighted by molar-refractivity contribution is 0.785. The molecule has 0 radical (unpaired) electrons. The van der Waals surface area contributed by atoms with E-state index in [4.69, 9.17) is 0 Å². The first-order valence-corrected chi connectivity index (χ1v) is 3.78. The van der Waals surface area contributed by atoms with Gasteiger partial charge in [-0.15, -0.1) is 0 Å². The molecule has 1 aliphatic heterocycles. The highest BCUT2D eigenvalue weighted by molar-refractivity contribution is 5.58. The Labute approximate surface area is 67.0 Å². The molecule has 0 amide bonds. The zero-order valence-electron chi connectivity index (χ0n) is 6.67. The first-order valence-electron chi connectivity index (χ1n) is 3.78. The van der Waals surface area contributed by atoms with Crippen LogP contribution in [0.25, 0.3) is 0 Å². The minimum atomic E-state index is 0.903. The number of nitrogens with zero attached hydrogens (tertiary/aromatic N) is 1. The maximum Gasteiger partial charge on any atom is 0.0371 e. The topological polar surface area (TPSA) is 24.4 Å². The lowest BCUT2D eigenvalue weighted by Crippen LogP contribution is -2.15. The van der Waals surface area contributed by atoms with Crippen molar-refractivity contribution >= 4 is 5.87 Å². The Morgan fingerprint density at radius 2 is 2.55 bits per heavy atom. The highest BCUT2D eigenvalue weighted by Gasteiger charge is 1.89. The Morgan fingerprint density at radius 3 is 3.36 bits per heavy atom. The van der Waals surface area contributed by atoms with Crippen LogP contribution in [0.2, 0.25) is 0 Å². The van der Waals surface area contributed by atoms with Crippen LogP contribution in [-0.2, 0) is 0 Å². The van der Waals surface area contributed by atoms with Gasteiger partial charge in [-0.2, -0.15) is 0 Å². The van der Waals surface area contributed by atoms with Crippen molar-refractivity contribution in [3.63, 3.8) is 0 Å². The van der Waals surface area contributed by atoms with Crippen LogP contribution in [0.1, 0.15) is 6.92 Å². The molecule has 1 aliphatic rings.